The van der Waals surface area contributed by atoms with E-state index in [0.29, 0.717) is 19.8 Å². The van der Waals surface area contributed by atoms with E-state index in [0.717, 1.165) is 56.9 Å². The molecule has 49 heavy (non-hydrogen) atoms. The van der Waals surface area contributed by atoms with E-state index in [1.54, 1.807) is 48.5 Å². The van der Waals surface area contributed by atoms with E-state index in [1.165, 1.54) is 25.7 Å². The number of rotatable bonds is 21. The second kappa shape index (κ2) is 25.5. The van der Waals surface area contributed by atoms with Crippen LogP contribution in [0.5, 0.6) is 0 Å². The van der Waals surface area contributed by atoms with E-state index >= 15 is 0 Å². The monoisotopic (exact) mass is 674 g/mol. The second-order valence-electron chi connectivity index (χ2n) is 11.7. The van der Waals surface area contributed by atoms with E-state index in [-0.39, 0.29) is 28.9 Å². The molecule has 8 nitrogen and oxygen atoms in total. The maximum Gasteiger partial charge on any atom is 0.339 e. The molecule has 0 aromatic heterocycles. The lowest BCUT2D eigenvalue weighted by Gasteiger charge is -2.10. The minimum atomic E-state index is -0.531. The van der Waals surface area contributed by atoms with Gasteiger partial charge in [0.25, 0.3) is 0 Å². The number of ether oxygens (including phenoxy) is 4. The predicted octanol–water partition coefficient (Wildman–Crippen LogP) is 9.94. The molecule has 0 N–H and O–H groups in total. The Kier molecular flexibility index (Phi) is 21.2. The van der Waals surface area contributed by atoms with Gasteiger partial charge in [0.05, 0.1) is 42.1 Å². The molecule has 3 rings (SSSR count). The SMILES string of the molecule is CCCCCCCOC(=O)c1ccccc1C(=O)OCCCCCCC.CCCCOC(=O)c1ccccc1C(=O)OCc1ccccc1. The molecule has 0 unspecified atom stereocenters. The van der Waals surface area contributed by atoms with Crippen molar-refractivity contribution in [1.29, 1.82) is 0 Å². The Balaban J connectivity index is 0.000000342. The summed E-state index contributed by atoms with van der Waals surface area (Å²) in [5.74, 6) is -1.92. The van der Waals surface area contributed by atoms with E-state index in [9.17, 15) is 19.2 Å². The number of hydrogen-bond acceptors (Lipinski definition) is 8. The molecule has 0 aliphatic carbocycles. The molecule has 0 saturated heterocycles. The third-order valence-electron chi connectivity index (χ3n) is 7.64. The predicted molar refractivity (Wildman–Crippen MR) is 192 cm³/mol. The molecule has 0 fully saturated rings. The molecule has 3 aromatic rings. The van der Waals surface area contributed by atoms with Crippen LogP contribution in [0.4, 0.5) is 0 Å². The van der Waals surface area contributed by atoms with E-state index in [1.807, 2.05) is 37.3 Å². The highest BCUT2D eigenvalue weighted by Crippen LogP contribution is 2.15. The van der Waals surface area contributed by atoms with Crippen LogP contribution in [0.2, 0.25) is 0 Å². The van der Waals surface area contributed by atoms with Gasteiger partial charge in [-0.25, -0.2) is 19.2 Å². The largest absolute Gasteiger partial charge is 0.462 e. The lowest BCUT2D eigenvalue weighted by molar-refractivity contribution is 0.0437. The van der Waals surface area contributed by atoms with Gasteiger partial charge < -0.3 is 18.9 Å². The summed E-state index contributed by atoms with van der Waals surface area (Å²) >= 11 is 0. The average molecular weight is 675 g/mol. The Morgan fingerprint density at radius 3 is 1.10 bits per heavy atom. The summed E-state index contributed by atoms with van der Waals surface area (Å²) < 4.78 is 21.1. The third kappa shape index (κ3) is 16.5. The van der Waals surface area contributed by atoms with Crippen molar-refractivity contribution in [2.24, 2.45) is 0 Å². The highest BCUT2D eigenvalue weighted by Gasteiger charge is 2.20. The highest BCUT2D eigenvalue weighted by molar-refractivity contribution is 6.03. The molecule has 0 saturated carbocycles. The molecule has 266 valence electrons. The minimum absolute atomic E-state index is 0.166. The normalized spacial score (nSPS) is 10.3. The van der Waals surface area contributed by atoms with Crippen LogP contribution in [-0.2, 0) is 25.6 Å². The van der Waals surface area contributed by atoms with Crippen molar-refractivity contribution in [3.8, 4) is 0 Å². The smallest absolute Gasteiger partial charge is 0.339 e. The third-order valence-corrected chi connectivity index (χ3v) is 7.64. The first-order chi connectivity index (χ1) is 23.9. The molecule has 3 aromatic carbocycles. The molecule has 0 heterocycles. The number of unbranched alkanes of at least 4 members (excludes halogenated alkanes) is 9. The Labute approximate surface area is 292 Å². The topological polar surface area (TPSA) is 105 Å². The molecular weight excluding hydrogens is 620 g/mol. The molecular formula is C41H54O8. The van der Waals surface area contributed by atoms with Crippen LogP contribution < -0.4 is 0 Å². The summed E-state index contributed by atoms with van der Waals surface area (Å²) in [6, 6.07) is 22.7. The van der Waals surface area contributed by atoms with Gasteiger partial charge in [-0.3, -0.25) is 0 Å². The number of carbonyl (C=O) groups excluding carboxylic acids is 4. The summed E-state index contributed by atoms with van der Waals surface area (Å²) in [6.45, 7) is 7.65. The van der Waals surface area contributed by atoms with Crippen LogP contribution in [0.1, 0.15) is 145 Å². The van der Waals surface area contributed by atoms with E-state index < -0.39 is 23.9 Å². The molecule has 0 atom stereocenters. The van der Waals surface area contributed by atoms with Gasteiger partial charge in [0.15, 0.2) is 0 Å². The molecule has 0 bridgehead atoms. The van der Waals surface area contributed by atoms with Crippen molar-refractivity contribution in [3.63, 3.8) is 0 Å². The van der Waals surface area contributed by atoms with Gasteiger partial charge in [-0.15, -0.1) is 0 Å². The van der Waals surface area contributed by atoms with Crippen LogP contribution in [-0.4, -0.2) is 43.7 Å². The van der Waals surface area contributed by atoms with Crippen molar-refractivity contribution in [2.75, 3.05) is 19.8 Å². The van der Waals surface area contributed by atoms with Crippen molar-refractivity contribution in [1.82, 2.24) is 0 Å². The molecule has 8 heteroatoms. The average Bonchev–Trinajstić information content (AvgIpc) is 3.14. The van der Waals surface area contributed by atoms with Gasteiger partial charge in [0.1, 0.15) is 6.61 Å². The molecule has 0 aliphatic rings. The van der Waals surface area contributed by atoms with Crippen LogP contribution in [0, 0.1) is 0 Å². The summed E-state index contributed by atoms with van der Waals surface area (Å²) in [6.07, 6.45) is 12.7. The van der Waals surface area contributed by atoms with Gasteiger partial charge in [0, 0.05) is 0 Å². The first kappa shape index (κ1) is 40.7. The number of hydrogen-bond donors (Lipinski definition) is 0. The Bertz CT molecular complexity index is 1340. The quantitative estimate of drug-likeness (QED) is 0.0625. The zero-order valence-corrected chi connectivity index (χ0v) is 29.6. The molecule has 0 radical (unpaired) electrons. The Hall–Kier alpha value is -4.46. The zero-order valence-electron chi connectivity index (χ0n) is 29.6. The van der Waals surface area contributed by atoms with E-state index in [4.69, 9.17) is 18.9 Å². The lowest BCUT2D eigenvalue weighted by Crippen LogP contribution is -2.15. The maximum absolute atomic E-state index is 12.3. The van der Waals surface area contributed by atoms with Crippen molar-refractivity contribution >= 4 is 23.9 Å². The van der Waals surface area contributed by atoms with Crippen molar-refractivity contribution < 1.29 is 38.1 Å². The fraction of sp³-hybridized carbons (Fsp3) is 0.463. The van der Waals surface area contributed by atoms with E-state index in [2.05, 4.69) is 13.8 Å². The maximum atomic E-state index is 12.3. The first-order valence-corrected chi connectivity index (χ1v) is 17.8. The minimum Gasteiger partial charge on any atom is -0.462 e. The fourth-order valence-corrected chi connectivity index (χ4v) is 4.76. The second-order valence-corrected chi connectivity index (χ2v) is 11.7. The molecule has 0 spiro atoms. The number of benzene rings is 3. The van der Waals surface area contributed by atoms with Gasteiger partial charge in [0.2, 0.25) is 0 Å². The molecule has 0 amide bonds. The highest BCUT2D eigenvalue weighted by atomic mass is 16.5. The van der Waals surface area contributed by atoms with Crippen LogP contribution >= 0.6 is 0 Å². The number of esters is 4. The van der Waals surface area contributed by atoms with Crippen LogP contribution in [0.3, 0.4) is 0 Å². The fourth-order valence-electron chi connectivity index (χ4n) is 4.76. The van der Waals surface area contributed by atoms with Crippen LogP contribution in [0.15, 0.2) is 78.9 Å². The molecule has 0 aliphatic heterocycles. The Morgan fingerprint density at radius 2 is 0.714 bits per heavy atom. The Morgan fingerprint density at radius 1 is 0.388 bits per heavy atom. The van der Waals surface area contributed by atoms with Gasteiger partial charge >= 0.3 is 23.9 Å². The van der Waals surface area contributed by atoms with Gasteiger partial charge in [-0.05, 0) is 49.1 Å². The summed E-state index contributed by atoms with van der Waals surface area (Å²) in [5.41, 5.74) is 1.93. The first-order valence-electron chi connectivity index (χ1n) is 17.8. The summed E-state index contributed by atoms with van der Waals surface area (Å²) in [5, 5.41) is 0. The van der Waals surface area contributed by atoms with Crippen molar-refractivity contribution in [3.05, 3.63) is 107 Å². The lowest BCUT2D eigenvalue weighted by atomic mass is 10.1. The van der Waals surface area contributed by atoms with Crippen LogP contribution in [0.25, 0.3) is 0 Å². The number of carbonyl (C=O) groups is 4. The summed E-state index contributed by atoms with van der Waals surface area (Å²) in [4.78, 5) is 48.9. The summed E-state index contributed by atoms with van der Waals surface area (Å²) in [7, 11) is 0. The zero-order chi connectivity index (χ0) is 35.5. The van der Waals surface area contributed by atoms with Gasteiger partial charge in [-0.2, -0.15) is 0 Å². The standard InChI is InChI=1S/C22H34O4.C19H20O4/c1-3-5-7-9-13-17-25-21(23)19-15-11-12-16-20(19)22(24)26-18-14-10-8-6-4-2;1-2-3-13-22-18(20)16-11-7-8-12-17(16)19(21)23-14-15-9-5-4-6-10-15/h11-12,15-16H,3-10,13-14,17-18H2,1-2H3;4-12H,2-3,13-14H2,1H3. The van der Waals surface area contributed by atoms with Gasteiger partial charge in [-0.1, -0.05) is 133 Å². The van der Waals surface area contributed by atoms with Crippen molar-refractivity contribution in [2.45, 2.75) is 104 Å².